The zero-order chi connectivity index (χ0) is 16.1. The van der Waals surface area contributed by atoms with E-state index >= 15 is 0 Å². The molecule has 126 valence electrons. The average molecular weight is 319 g/mol. The van der Waals surface area contributed by atoms with E-state index in [9.17, 15) is 8.42 Å². The van der Waals surface area contributed by atoms with Crippen molar-refractivity contribution in [1.82, 2.24) is 10.2 Å². The molecule has 4 nitrogen and oxygen atoms in total. The lowest BCUT2D eigenvalue weighted by Crippen LogP contribution is -2.57. The fraction of sp³-hybridized carbons (Fsp3) is 1.00. The summed E-state index contributed by atoms with van der Waals surface area (Å²) in [5, 5.41) is 3.62. The molecule has 0 aliphatic carbocycles. The van der Waals surface area contributed by atoms with Crippen LogP contribution in [0.2, 0.25) is 0 Å². The van der Waals surface area contributed by atoms with Crippen molar-refractivity contribution in [3.8, 4) is 0 Å². The monoisotopic (exact) mass is 318 g/mol. The molecule has 5 heteroatoms. The quantitative estimate of drug-likeness (QED) is 0.783. The first-order valence-corrected chi connectivity index (χ1v) is 10.1. The van der Waals surface area contributed by atoms with Gasteiger partial charge in [0.15, 0.2) is 9.84 Å². The molecule has 0 aromatic rings. The zero-order valence-corrected chi connectivity index (χ0v) is 15.3. The molecule has 1 aliphatic heterocycles. The molecule has 1 fully saturated rings. The number of sulfone groups is 1. The van der Waals surface area contributed by atoms with Crippen molar-refractivity contribution in [2.75, 3.05) is 25.4 Å². The van der Waals surface area contributed by atoms with Gasteiger partial charge in [-0.25, -0.2) is 8.42 Å². The van der Waals surface area contributed by atoms with Crippen molar-refractivity contribution in [3.63, 3.8) is 0 Å². The molecular weight excluding hydrogens is 284 g/mol. The van der Waals surface area contributed by atoms with Gasteiger partial charge in [0.05, 0.1) is 10.5 Å². The van der Waals surface area contributed by atoms with Crippen molar-refractivity contribution in [2.45, 2.75) is 77.1 Å². The summed E-state index contributed by atoms with van der Waals surface area (Å²) in [5.41, 5.74) is 0. The molecule has 21 heavy (non-hydrogen) atoms. The van der Waals surface area contributed by atoms with Crippen molar-refractivity contribution < 1.29 is 8.42 Å². The van der Waals surface area contributed by atoms with Gasteiger partial charge >= 0.3 is 0 Å². The number of rotatable bonds is 7. The maximum absolute atomic E-state index is 12.3. The molecule has 1 heterocycles. The topological polar surface area (TPSA) is 49.4 Å². The summed E-state index contributed by atoms with van der Waals surface area (Å²) in [5.74, 6) is 0.273. The summed E-state index contributed by atoms with van der Waals surface area (Å²) in [6, 6.07) is 0.999. The summed E-state index contributed by atoms with van der Waals surface area (Å²) in [7, 11) is -3.03. The van der Waals surface area contributed by atoms with Crippen LogP contribution in [0.25, 0.3) is 0 Å². The molecule has 2 unspecified atom stereocenters. The Labute approximate surface area is 131 Å². The first-order valence-electron chi connectivity index (χ1n) is 8.41. The SMILES string of the molecule is CCCC1CN(CCS(=O)(=O)C(C)(C)C)C(CCC)CN1. The summed E-state index contributed by atoms with van der Waals surface area (Å²) in [4.78, 5) is 2.41. The first kappa shape index (κ1) is 18.9. The van der Waals surface area contributed by atoms with Crippen LogP contribution in [0, 0.1) is 0 Å². The van der Waals surface area contributed by atoms with E-state index in [0.29, 0.717) is 18.6 Å². The minimum Gasteiger partial charge on any atom is -0.311 e. The second-order valence-corrected chi connectivity index (χ2v) is 10.1. The first-order chi connectivity index (χ1) is 9.71. The van der Waals surface area contributed by atoms with Gasteiger partial charge in [0.2, 0.25) is 0 Å². The average Bonchev–Trinajstić information content (AvgIpc) is 2.38. The molecule has 0 aromatic heterocycles. The Morgan fingerprint density at radius 3 is 2.29 bits per heavy atom. The number of hydrogen-bond donors (Lipinski definition) is 1. The van der Waals surface area contributed by atoms with E-state index in [-0.39, 0.29) is 5.75 Å². The van der Waals surface area contributed by atoms with E-state index < -0.39 is 14.6 Å². The minimum atomic E-state index is -3.03. The molecule has 0 amide bonds. The van der Waals surface area contributed by atoms with Crippen molar-refractivity contribution in [1.29, 1.82) is 0 Å². The molecular formula is C16H34N2O2S. The Bertz CT molecular complexity index is 401. The fourth-order valence-electron chi connectivity index (χ4n) is 2.91. The maximum Gasteiger partial charge on any atom is 0.156 e. The van der Waals surface area contributed by atoms with E-state index in [4.69, 9.17) is 0 Å². The molecule has 1 aliphatic rings. The van der Waals surface area contributed by atoms with E-state index in [2.05, 4.69) is 24.1 Å². The Hall–Kier alpha value is -0.130. The van der Waals surface area contributed by atoms with Crippen LogP contribution < -0.4 is 5.32 Å². The molecule has 0 bridgehead atoms. The third-order valence-corrected chi connectivity index (χ3v) is 7.04. The molecule has 1 rings (SSSR count). The van der Waals surface area contributed by atoms with Crippen molar-refractivity contribution in [2.24, 2.45) is 0 Å². The molecule has 0 aromatic carbocycles. The largest absolute Gasteiger partial charge is 0.311 e. The third kappa shape index (κ3) is 5.53. The van der Waals surface area contributed by atoms with Crippen LogP contribution in [-0.2, 0) is 9.84 Å². The van der Waals surface area contributed by atoms with Crippen LogP contribution in [0.4, 0.5) is 0 Å². The molecule has 1 saturated heterocycles. The van der Waals surface area contributed by atoms with Crippen LogP contribution in [0.3, 0.4) is 0 Å². The smallest absolute Gasteiger partial charge is 0.156 e. The highest BCUT2D eigenvalue weighted by atomic mass is 32.2. The van der Waals surface area contributed by atoms with Crippen LogP contribution in [0.1, 0.15) is 60.3 Å². The Kier molecular flexibility index (Phi) is 7.14. The highest BCUT2D eigenvalue weighted by molar-refractivity contribution is 7.92. The fourth-order valence-corrected chi connectivity index (χ4v) is 3.99. The van der Waals surface area contributed by atoms with Crippen molar-refractivity contribution >= 4 is 9.84 Å². The number of piperazine rings is 1. The highest BCUT2D eigenvalue weighted by Gasteiger charge is 2.32. The standard InChI is InChI=1S/C16H34N2O2S/c1-6-8-14-13-18(15(9-7-2)12-17-14)10-11-21(19,20)16(3,4)5/h14-15,17H,6-13H2,1-5H3. The normalized spacial score (nSPS) is 25.2. The van der Waals surface area contributed by atoms with Gasteiger partial charge in [-0.05, 0) is 33.6 Å². The summed E-state index contributed by atoms with van der Waals surface area (Å²) in [6.07, 6.45) is 4.63. The van der Waals surface area contributed by atoms with Gasteiger partial charge in [-0.2, -0.15) is 0 Å². The molecule has 1 N–H and O–H groups in total. The van der Waals surface area contributed by atoms with E-state index in [1.807, 2.05) is 0 Å². The zero-order valence-electron chi connectivity index (χ0n) is 14.5. The second-order valence-electron chi connectivity index (χ2n) is 7.26. The van der Waals surface area contributed by atoms with Crippen LogP contribution in [0.15, 0.2) is 0 Å². The number of nitrogens with zero attached hydrogens (tertiary/aromatic N) is 1. The van der Waals surface area contributed by atoms with E-state index in [1.54, 1.807) is 20.8 Å². The van der Waals surface area contributed by atoms with Gasteiger partial charge in [-0.1, -0.05) is 26.7 Å². The predicted molar refractivity (Wildman–Crippen MR) is 90.5 cm³/mol. The summed E-state index contributed by atoms with van der Waals surface area (Å²) < 4.78 is 24.0. The summed E-state index contributed by atoms with van der Waals surface area (Å²) in [6.45, 7) is 12.4. The minimum absolute atomic E-state index is 0.273. The molecule has 2 atom stereocenters. The van der Waals surface area contributed by atoms with Gasteiger partial charge in [-0.3, -0.25) is 4.90 Å². The van der Waals surface area contributed by atoms with Crippen LogP contribution >= 0.6 is 0 Å². The van der Waals surface area contributed by atoms with Gasteiger partial charge in [0, 0.05) is 31.7 Å². The number of hydrogen-bond acceptors (Lipinski definition) is 4. The lowest BCUT2D eigenvalue weighted by atomic mass is 10.0. The predicted octanol–water partition coefficient (Wildman–Crippen LogP) is 2.44. The lowest BCUT2D eigenvalue weighted by molar-refractivity contribution is 0.126. The van der Waals surface area contributed by atoms with E-state index in [0.717, 1.165) is 25.9 Å². The maximum atomic E-state index is 12.3. The van der Waals surface area contributed by atoms with Gasteiger partial charge in [-0.15, -0.1) is 0 Å². The Balaban J connectivity index is 2.66. The van der Waals surface area contributed by atoms with Crippen LogP contribution in [0.5, 0.6) is 0 Å². The third-order valence-electron chi connectivity index (χ3n) is 4.45. The molecule has 0 saturated carbocycles. The van der Waals surface area contributed by atoms with Gasteiger partial charge in [0.25, 0.3) is 0 Å². The summed E-state index contributed by atoms with van der Waals surface area (Å²) >= 11 is 0. The Morgan fingerprint density at radius 1 is 1.14 bits per heavy atom. The van der Waals surface area contributed by atoms with Crippen molar-refractivity contribution in [3.05, 3.63) is 0 Å². The molecule has 0 radical (unpaired) electrons. The highest BCUT2D eigenvalue weighted by Crippen LogP contribution is 2.19. The number of nitrogens with one attached hydrogen (secondary N) is 1. The van der Waals surface area contributed by atoms with Gasteiger partial charge < -0.3 is 5.32 Å². The second kappa shape index (κ2) is 7.93. The molecule has 0 spiro atoms. The lowest BCUT2D eigenvalue weighted by Gasteiger charge is -2.41. The van der Waals surface area contributed by atoms with Gasteiger partial charge in [0.1, 0.15) is 0 Å². The van der Waals surface area contributed by atoms with Crippen LogP contribution in [-0.4, -0.2) is 55.5 Å². The van der Waals surface area contributed by atoms with E-state index in [1.165, 1.54) is 12.8 Å². The Morgan fingerprint density at radius 2 is 1.76 bits per heavy atom.